The number of alkyl halides is 1. The van der Waals surface area contributed by atoms with E-state index >= 15 is 0 Å². The summed E-state index contributed by atoms with van der Waals surface area (Å²) in [6, 6.07) is 0.445. The molecule has 0 bridgehead atoms. The van der Waals surface area contributed by atoms with Gasteiger partial charge < -0.3 is 9.64 Å². The van der Waals surface area contributed by atoms with Gasteiger partial charge in [-0.15, -0.1) is 0 Å². The highest BCUT2D eigenvalue weighted by Gasteiger charge is 2.35. The number of carbonyl (C=O) groups is 1. The summed E-state index contributed by atoms with van der Waals surface area (Å²) in [7, 11) is 0. The minimum atomic E-state index is -0.110. The normalized spacial score (nSPS) is 29.4. The van der Waals surface area contributed by atoms with E-state index in [9.17, 15) is 4.79 Å². The molecule has 2 fully saturated rings. The summed E-state index contributed by atoms with van der Waals surface area (Å²) in [6.07, 6.45) is 6.10. The van der Waals surface area contributed by atoms with Gasteiger partial charge in [-0.2, -0.15) is 0 Å². The SMILES string of the molecule is O=C1O[C@H](CBr)CN1C1CCCCC1. The van der Waals surface area contributed by atoms with E-state index in [-0.39, 0.29) is 12.2 Å². The lowest BCUT2D eigenvalue weighted by molar-refractivity contribution is 0.128. The first-order valence-corrected chi connectivity index (χ1v) is 6.46. The standard InChI is InChI=1S/C10H16BrNO2/c11-6-9-7-12(10(13)14-9)8-4-2-1-3-5-8/h8-9H,1-7H2/t9-/m1/s1. The molecule has 2 aliphatic rings. The summed E-state index contributed by atoms with van der Waals surface area (Å²) < 4.78 is 5.22. The lowest BCUT2D eigenvalue weighted by Crippen LogP contribution is -2.37. The quantitative estimate of drug-likeness (QED) is 0.716. The highest BCUT2D eigenvalue weighted by Crippen LogP contribution is 2.26. The number of ether oxygens (including phenoxy) is 1. The highest BCUT2D eigenvalue weighted by atomic mass is 79.9. The second kappa shape index (κ2) is 4.51. The summed E-state index contributed by atoms with van der Waals surface area (Å²) in [5.74, 6) is 0. The Balaban J connectivity index is 1.93. The summed E-state index contributed by atoms with van der Waals surface area (Å²) in [5, 5.41) is 0.752. The lowest BCUT2D eigenvalue weighted by Gasteiger charge is -2.28. The predicted octanol–water partition coefficient (Wildman–Crippen LogP) is 2.53. The number of halogens is 1. The van der Waals surface area contributed by atoms with Crippen LogP contribution in [0.25, 0.3) is 0 Å². The van der Waals surface area contributed by atoms with Gasteiger partial charge in [-0.05, 0) is 12.8 Å². The van der Waals surface area contributed by atoms with E-state index in [1.165, 1.54) is 19.3 Å². The van der Waals surface area contributed by atoms with Crippen molar-refractivity contribution in [3.63, 3.8) is 0 Å². The fourth-order valence-electron chi connectivity index (χ4n) is 2.31. The van der Waals surface area contributed by atoms with Gasteiger partial charge in [0.2, 0.25) is 0 Å². The molecule has 0 N–H and O–H groups in total. The maximum Gasteiger partial charge on any atom is 0.410 e. The van der Waals surface area contributed by atoms with Crippen LogP contribution in [-0.2, 0) is 4.74 Å². The van der Waals surface area contributed by atoms with Crippen LogP contribution in [0, 0.1) is 0 Å². The van der Waals surface area contributed by atoms with Crippen LogP contribution in [0.2, 0.25) is 0 Å². The van der Waals surface area contributed by atoms with E-state index in [2.05, 4.69) is 15.9 Å². The molecule has 1 amide bonds. The lowest BCUT2D eigenvalue weighted by atomic mass is 9.94. The fourth-order valence-corrected chi connectivity index (χ4v) is 2.65. The van der Waals surface area contributed by atoms with Crippen LogP contribution in [-0.4, -0.2) is 35.0 Å². The average molecular weight is 262 g/mol. The van der Waals surface area contributed by atoms with Crippen LogP contribution in [0.1, 0.15) is 32.1 Å². The van der Waals surface area contributed by atoms with Crippen molar-refractivity contribution in [3.8, 4) is 0 Å². The van der Waals surface area contributed by atoms with Gasteiger partial charge in [-0.3, -0.25) is 0 Å². The molecule has 1 atom stereocenters. The second-order valence-electron chi connectivity index (χ2n) is 4.10. The number of hydrogen-bond acceptors (Lipinski definition) is 2. The van der Waals surface area contributed by atoms with Gasteiger partial charge >= 0.3 is 6.09 Å². The van der Waals surface area contributed by atoms with Gasteiger partial charge in [0, 0.05) is 11.4 Å². The van der Waals surface area contributed by atoms with E-state index in [0.29, 0.717) is 6.04 Å². The molecule has 1 saturated heterocycles. The van der Waals surface area contributed by atoms with Gasteiger partial charge in [-0.1, -0.05) is 35.2 Å². The smallest absolute Gasteiger partial charge is 0.410 e. The Hall–Kier alpha value is -0.250. The molecule has 1 saturated carbocycles. The molecule has 0 aromatic heterocycles. The van der Waals surface area contributed by atoms with Gasteiger partial charge in [0.15, 0.2) is 0 Å². The fraction of sp³-hybridized carbons (Fsp3) is 0.900. The molecule has 80 valence electrons. The molecule has 1 heterocycles. The Morgan fingerprint density at radius 2 is 2.07 bits per heavy atom. The average Bonchev–Trinajstić information content (AvgIpc) is 2.61. The zero-order valence-corrected chi connectivity index (χ0v) is 9.83. The molecule has 0 unspecified atom stereocenters. The molecule has 4 heteroatoms. The molecule has 1 aliphatic heterocycles. The third-order valence-electron chi connectivity index (χ3n) is 3.09. The molecule has 0 radical (unpaired) electrons. The van der Waals surface area contributed by atoms with Gasteiger partial charge in [-0.25, -0.2) is 4.79 Å². The Morgan fingerprint density at radius 3 is 2.64 bits per heavy atom. The summed E-state index contributed by atoms with van der Waals surface area (Å²) in [5.41, 5.74) is 0. The molecular formula is C10H16BrNO2. The summed E-state index contributed by atoms with van der Waals surface area (Å²) in [4.78, 5) is 13.4. The van der Waals surface area contributed by atoms with Crippen LogP contribution in [0.5, 0.6) is 0 Å². The zero-order chi connectivity index (χ0) is 9.97. The molecule has 2 rings (SSSR count). The first-order chi connectivity index (χ1) is 6.81. The largest absolute Gasteiger partial charge is 0.443 e. The van der Waals surface area contributed by atoms with Crippen molar-refractivity contribution < 1.29 is 9.53 Å². The molecule has 1 aliphatic carbocycles. The summed E-state index contributed by atoms with van der Waals surface area (Å²) >= 11 is 3.35. The Labute approximate surface area is 92.9 Å². The van der Waals surface area contributed by atoms with Crippen LogP contribution in [0.3, 0.4) is 0 Å². The van der Waals surface area contributed by atoms with Gasteiger partial charge in [0.05, 0.1) is 6.54 Å². The van der Waals surface area contributed by atoms with E-state index in [0.717, 1.165) is 24.7 Å². The Morgan fingerprint density at radius 1 is 1.36 bits per heavy atom. The monoisotopic (exact) mass is 261 g/mol. The third-order valence-corrected chi connectivity index (χ3v) is 3.81. The van der Waals surface area contributed by atoms with Crippen LogP contribution in [0.4, 0.5) is 4.79 Å². The number of cyclic esters (lactones) is 1. The molecule has 0 aromatic rings. The minimum absolute atomic E-state index is 0.0597. The topological polar surface area (TPSA) is 29.5 Å². The van der Waals surface area contributed by atoms with Gasteiger partial charge in [0.1, 0.15) is 6.10 Å². The third kappa shape index (κ3) is 2.05. The van der Waals surface area contributed by atoms with Crippen molar-refractivity contribution in [1.29, 1.82) is 0 Å². The molecule has 3 nitrogen and oxygen atoms in total. The molecule has 0 aromatic carbocycles. The first kappa shape index (κ1) is 10.3. The van der Waals surface area contributed by atoms with Gasteiger partial charge in [0.25, 0.3) is 0 Å². The maximum atomic E-state index is 11.5. The van der Waals surface area contributed by atoms with E-state index < -0.39 is 0 Å². The Kier molecular flexibility index (Phi) is 3.31. The zero-order valence-electron chi connectivity index (χ0n) is 8.25. The van der Waals surface area contributed by atoms with E-state index in [4.69, 9.17) is 4.74 Å². The van der Waals surface area contributed by atoms with Crippen LogP contribution in [0.15, 0.2) is 0 Å². The van der Waals surface area contributed by atoms with Crippen molar-refractivity contribution in [3.05, 3.63) is 0 Å². The molecular weight excluding hydrogens is 246 g/mol. The minimum Gasteiger partial charge on any atom is -0.443 e. The first-order valence-electron chi connectivity index (χ1n) is 5.34. The number of rotatable bonds is 2. The predicted molar refractivity (Wildman–Crippen MR) is 57.6 cm³/mol. The number of nitrogens with zero attached hydrogens (tertiary/aromatic N) is 1. The number of amides is 1. The van der Waals surface area contributed by atoms with Crippen molar-refractivity contribution in [2.75, 3.05) is 11.9 Å². The summed E-state index contributed by atoms with van der Waals surface area (Å²) in [6.45, 7) is 0.773. The molecule has 0 spiro atoms. The van der Waals surface area contributed by atoms with Crippen molar-refractivity contribution >= 4 is 22.0 Å². The van der Waals surface area contributed by atoms with E-state index in [1.807, 2.05) is 4.90 Å². The van der Waals surface area contributed by atoms with Crippen molar-refractivity contribution in [2.24, 2.45) is 0 Å². The number of hydrogen-bond donors (Lipinski definition) is 0. The second-order valence-corrected chi connectivity index (χ2v) is 4.75. The van der Waals surface area contributed by atoms with Crippen molar-refractivity contribution in [2.45, 2.75) is 44.2 Å². The number of carbonyl (C=O) groups excluding carboxylic acids is 1. The van der Waals surface area contributed by atoms with Crippen LogP contribution >= 0.6 is 15.9 Å². The Bertz CT molecular complexity index is 216. The van der Waals surface area contributed by atoms with E-state index in [1.54, 1.807) is 0 Å². The molecule has 14 heavy (non-hydrogen) atoms. The van der Waals surface area contributed by atoms with Crippen molar-refractivity contribution in [1.82, 2.24) is 4.90 Å². The highest BCUT2D eigenvalue weighted by molar-refractivity contribution is 9.09. The maximum absolute atomic E-state index is 11.5. The van der Waals surface area contributed by atoms with Crippen LogP contribution < -0.4 is 0 Å².